The SMILES string of the molecule is COc1ccc(C)cc1NC(=O)C(=O)NCCC[NH+](C)C. The average molecular weight is 294 g/mol. The third-order valence-electron chi connectivity index (χ3n) is 2.95. The van der Waals surface area contributed by atoms with Crippen molar-refractivity contribution in [3.8, 4) is 5.75 Å². The number of anilines is 1. The summed E-state index contributed by atoms with van der Waals surface area (Å²) < 4.78 is 5.16. The maximum Gasteiger partial charge on any atom is 0.313 e. The van der Waals surface area contributed by atoms with Crippen LogP contribution in [0.3, 0.4) is 0 Å². The molecule has 6 nitrogen and oxygen atoms in total. The van der Waals surface area contributed by atoms with E-state index >= 15 is 0 Å². The number of quaternary nitrogens is 1. The molecule has 0 saturated heterocycles. The molecule has 0 bridgehead atoms. The second kappa shape index (κ2) is 8.26. The molecule has 116 valence electrons. The number of ether oxygens (including phenoxy) is 1. The van der Waals surface area contributed by atoms with E-state index < -0.39 is 11.8 Å². The fraction of sp³-hybridized carbons (Fsp3) is 0.467. The molecule has 21 heavy (non-hydrogen) atoms. The minimum Gasteiger partial charge on any atom is -0.495 e. The van der Waals surface area contributed by atoms with Gasteiger partial charge in [0.15, 0.2) is 0 Å². The molecule has 0 aliphatic rings. The molecule has 3 N–H and O–H groups in total. The van der Waals surface area contributed by atoms with Crippen LogP contribution in [0.2, 0.25) is 0 Å². The van der Waals surface area contributed by atoms with Gasteiger partial charge in [-0.25, -0.2) is 0 Å². The Balaban J connectivity index is 2.52. The zero-order valence-corrected chi connectivity index (χ0v) is 13.1. The molecule has 0 atom stereocenters. The summed E-state index contributed by atoms with van der Waals surface area (Å²) in [6.07, 6.45) is 0.828. The summed E-state index contributed by atoms with van der Waals surface area (Å²) >= 11 is 0. The van der Waals surface area contributed by atoms with Crippen molar-refractivity contribution in [1.82, 2.24) is 5.32 Å². The molecule has 1 rings (SSSR count). The minimum absolute atomic E-state index is 0.488. The van der Waals surface area contributed by atoms with E-state index in [2.05, 4.69) is 10.6 Å². The van der Waals surface area contributed by atoms with E-state index in [4.69, 9.17) is 4.74 Å². The van der Waals surface area contributed by atoms with Crippen LogP contribution < -0.4 is 20.3 Å². The third-order valence-corrected chi connectivity index (χ3v) is 2.95. The predicted molar refractivity (Wildman–Crippen MR) is 81.7 cm³/mol. The van der Waals surface area contributed by atoms with Gasteiger partial charge in [0.1, 0.15) is 5.75 Å². The van der Waals surface area contributed by atoms with Gasteiger partial charge in [0.2, 0.25) is 0 Å². The number of aryl methyl sites for hydroxylation is 1. The topological polar surface area (TPSA) is 71.9 Å². The van der Waals surface area contributed by atoms with Gasteiger partial charge in [0.25, 0.3) is 0 Å². The van der Waals surface area contributed by atoms with Crippen molar-refractivity contribution in [1.29, 1.82) is 0 Å². The number of hydrogen-bond acceptors (Lipinski definition) is 3. The molecule has 0 saturated carbocycles. The monoisotopic (exact) mass is 294 g/mol. The Kier molecular flexibility index (Phi) is 6.68. The zero-order chi connectivity index (χ0) is 15.8. The maximum absolute atomic E-state index is 11.8. The van der Waals surface area contributed by atoms with Crippen LogP contribution in [0.1, 0.15) is 12.0 Å². The minimum atomic E-state index is -0.684. The molecular weight excluding hydrogens is 270 g/mol. The third kappa shape index (κ3) is 5.83. The lowest BCUT2D eigenvalue weighted by Crippen LogP contribution is -3.05. The van der Waals surface area contributed by atoms with Crippen molar-refractivity contribution < 1.29 is 19.2 Å². The molecule has 0 heterocycles. The lowest BCUT2D eigenvalue weighted by molar-refractivity contribution is -0.858. The molecule has 0 fully saturated rings. The molecule has 0 radical (unpaired) electrons. The first kappa shape index (κ1) is 17.0. The van der Waals surface area contributed by atoms with Crippen molar-refractivity contribution in [3.63, 3.8) is 0 Å². The molecule has 0 spiro atoms. The Bertz CT molecular complexity index is 501. The summed E-state index contributed by atoms with van der Waals surface area (Å²) in [6.45, 7) is 3.33. The Morgan fingerprint density at radius 1 is 1.24 bits per heavy atom. The highest BCUT2D eigenvalue weighted by molar-refractivity contribution is 6.39. The predicted octanol–water partition coefficient (Wildman–Crippen LogP) is -0.407. The second-order valence-corrected chi connectivity index (χ2v) is 5.22. The molecule has 1 aromatic carbocycles. The summed E-state index contributed by atoms with van der Waals surface area (Å²) in [5.41, 5.74) is 1.47. The Labute approximate surface area is 125 Å². The number of benzene rings is 1. The van der Waals surface area contributed by atoms with E-state index in [9.17, 15) is 9.59 Å². The average Bonchev–Trinajstić information content (AvgIpc) is 2.43. The molecule has 1 aromatic rings. The maximum atomic E-state index is 11.8. The lowest BCUT2D eigenvalue weighted by Gasteiger charge is -2.11. The summed E-state index contributed by atoms with van der Waals surface area (Å²) in [7, 11) is 5.60. The first-order valence-electron chi connectivity index (χ1n) is 6.97. The van der Waals surface area contributed by atoms with E-state index in [1.165, 1.54) is 12.0 Å². The number of carbonyl (C=O) groups excluding carboxylic acids is 2. The first-order valence-corrected chi connectivity index (χ1v) is 6.97. The molecule has 0 unspecified atom stereocenters. The van der Waals surface area contributed by atoms with E-state index in [1.807, 2.05) is 27.1 Å². The molecule has 0 aliphatic heterocycles. The highest BCUT2D eigenvalue weighted by atomic mass is 16.5. The summed E-state index contributed by atoms with van der Waals surface area (Å²) in [6, 6.07) is 5.39. The van der Waals surface area contributed by atoms with E-state index in [0.29, 0.717) is 18.0 Å². The highest BCUT2D eigenvalue weighted by Crippen LogP contribution is 2.24. The number of carbonyl (C=O) groups is 2. The number of nitrogens with one attached hydrogen (secondary N) is 3. The van der Waals surface area contributed by atoms with Gasteiger partial charge in [-0.15, -0.1) is 0 Å². The van der Waals surface area contributed by atoms with E-state index in [0.717, 1.165) is 18.5 Å². The van der Waals surface area contributed by atoms with Crippen molar-refractivity contribution in [2.24, 2.45) is 0 Å². The Morgan fingerprint density at radius 3 is 2.57 bits per heavy atom. The fourth-order valence-electron chi connectivity index (χ4n) is 1.82. The summed E-state index contributed by atoms with van der Waals surface area (Å²) in [5, 5.41) is 5.18. The van der Waals surface area contributed by atoms with Gasteiger partial charge in [-0.05, 0) is 24.6 Å². The van der Waals surface area contributed by atoms with E-state index in [-0.39, 0.29) is 0 Å². The number of amides is 2. The molecule has 0 aliphatic carbocycles. The summed E-state index contributed by atoms with van der Waals surface area (Å²) in [4.78, 5) is 24.8. The van der Waals surface area contributed by atoms with Crippen molar-refractivity contribution in [2.45, 2.75) is 13.3 Å². The molecule has 2 amide bonds. The van der Waals surface area contributed by atoms with Crippen molar-refractivity contribution >= 4 is 17.5 Å². The van der Waals surface area contributed by atoms with Crippen LogP contribution in [0.4, 0.5) is 5.69 Å². The second-order valence-electron chi connectivity index (χ2n) is 5.22. The van der Waals surface area contributed by atoms with Crippen molar-refractivity contribution in [3.05, 3.63) is 23.8 Å². The highest BCUT2D eigenvalue weighted by Gasteiger charge is 2.15. The van der Waals surface area contributed by atoms with Crippen molar-refractivity contribution in [2.75, 3.05) is 39.6 Å². The number of rotatable bonds is 6. The van der Waals surface area contributed by atoms with Gasteiger partial charge < -0.3 is 20.3 Å². The number of hydrogen-bond donors (Lipinski definition) is 3. The van der Waals surface area contributed by atoms with Crippen LogP contribution in [-0.2, 0) is 9.59 Å². The summed E-state index contributed by atoms with van der Waals surface area (Å²) in [5.74, 6) is -0.790. The van der Waals surface area contributed by atoms with Crippen LogP contribution in [-0.4, -0.2) is 46.1 Å². The molecule has 6 heteroatoms. The van der Waals surface area contributed by atoms with Crippen LogP contribution in [0.15, 0.2) is 18.2 Å². The quantitative estimate of drug-likeness (QED) is 0.493. The smallest absolute Gasteiger partial charge is 0.313 e. The number of methoxy groups -OCH3 is 1. The normalized spacial score (nSPS) is 10.3. The molecular formula is C15H24N3O3+. The van der Waals surface area contributed by atoms with Gasteiger partial charge >= 0.3 is 11.8 Å². The fourth-order valence-corrected chi connectivity index (χ4v) is 1.82. The van der Waals surface area contributed by atoms with Gasteiger partial charge in [-0.3, -0.25) is 9.59 Å². The van der Waals surface area contributed by atoms with Gasteiger partial charge in [0, 0.05) is 13.0 Å². The van der Waals surface area contributed by atoms with Crippen LogP contribution >= 0.6 is 0 Å². The molecule has 0 aromatic heterocycles. The van der Waals surface area contributed by atoms with Gasteiger partial charge in [-0.2, -0.15) is 0 Å². The van der Waals surface area contributed by atoms with E-state index in [1.54, 1.807) is 12.1 Å². The Hall–Kier alpha value is -2.08. The standard InChI is InChI=1S/C15H23N3O3/c1-11-6-7-13(21-4)12(10-11)17-15(20)14(19)16-8-5-9-18(2)3/h6-7,10H,5,8-9H2,1-4H3,(H,16,19)(H,17,20)/p+1. The largest absolute Gasteiger partial charge is 0.495 e. The first-order chi connectivity index (χ1) is 9.93. The van der Waals surface area contributed by atoms with Gasteiger partial charge in [0.05, 0.1) is 33.4 Å². The van der Waals surface area contributed by atoms with Gasteiger partial charge in [-0.1, -0.05) is 6.07 Å². The zero-order valence-electron chi connectivity index (χ0n) is 13.1. The van der Waals surface area contributed by atoms with Crippen LogP contribution in [0.5, 0.6) is 5.75 Å². The lowest BCUT2D eigenvalue weighted by atomic mass is 10.2. The Morgan fingerprint density at radius 2 is 1.95 bits per heavy atom. The van der Waals surface area contributed by atoms with Crippen LogP contribution in [0.25, 0.3) is 0 Å². The van der Waals surface area contributed by atoms with Crippen LogP contribution in [0, 0.1) is 6.92 Å².